The number of carbonyl (C=O) groups excluding carboxylic acids is 1. The van der Waals surface area contributed by atoms with Crippen LogP contribution in [0.2, 0.25) is 5.02 Å². The first kappa shape index (κ1) is 20.6. The molecule has 8 nitrogen and oxygen atoms in total. The van der Waals surface area contributed by atoms with E-state index in [0.29, 0.717) is 18.5 Å². The molecule has 28 heavy (non-hydrogen) atoms. The van der Waals surface area contributed by atoms with Crippen LogP contribution in [0.1, 0.15) is 48.9 Å². The second-order valence-corrected chi connectivity index (χ2v) is 7.63. The van der Waals surface area contributed by atoms with Crippen molar-refractivity contribution >= 4 is 17.5 Å². The molecule has 1 saturated carbocycles. The Kier molecular flexibility index (Phi) is 6.53. The lowest BCUT2D eigenvalue weighted by molar-refractivity contribution is 0.0246. The van der Waals surface area contributed by atoms with Gasteiger partial charge < -0.3 is 15.5 Å². The summed E-state index contributed by atoms with van der Waals surface area (Å²) in [6, 6.07) is 4.62. The number of nitrogens with one attached hydrogen (secondary N) is 1. The van der Waals surface area contributed by atoms with Gasteiger partial charge in [-0.05, 0) is 31.0 Å². The summed E-state index contributed by atoms with van der Waals surface area (Å²) in [4.78, 5) is 25.0. The summed E-state index contributed by atoms with van der Waals surface area (Å²) in [7, 11) is 0. The average Bonchev–Trinajstić information content (AvgIpc) is 2.89. The van der Waals surface area contributed by atoms with Crippen LogP contribution in [0.5, 0.6) is 0 Å². The summed E-state index contributed by atoms with van der Waals surface area (Å²) in [5.74, 6) is -0.410. The van der Waals surface area contributed by atoms with Crippen LogP contribution < -0.4 is 11.0 Å². The first-order valence-electron chi connectivity index (χ1n) is 9.49. The van der Waals surface area contributed by atoms with Gasteiger partial charge in [-0.3, -0.25) is 9.36 Å². The molecule has 152 valence electrons. The molecule has 0 atom stereocenters. The van der Waals surface area contributed by atoms with Gasteiger partial charge in [0.15, 0.2) is 0 Å². The molecule has 1 heterocycles. The number of aliphatic hydroxyl groups is 2. The molecule has 0 saturated heterocycles. The van der Waals surface area contributed by atoms with Crippen molar-refractivity contribution in [3.05, 3.63) is 45.6 Å². The first-order valence-corrected chi connectivity index (χ1v) is 9.87. The Morgan fingerprint density at radius 2 is 1.96 bits per heavy atom. The zero-order valence-corrected chi connectivity index (χ0v) is 16.4. The molecule has 3 rings (SSSR count). The topological polar surface area (TPSA) is 109 Å². The number of nitrogens with zero attached hydrogens (tertiary/aromatic N) is 3. The zero-order valence-electron chi connectivity index (χ0n) is 15.6. The van der Waals surface area contributed by atoms with Gasteiger partial charge in [-0.2, -0.15) is 9.78 Å². The van der Waals surface area contributed by atoms with E-state index in [-0.39, 0.29) is 30.3 Å². The van der Waals surface area contributed by atoms with E-state index < -0.39 is 17.2 Å². The number of hydrogen-bond donors (Lipinski definition) is 3. The molecule has 1 aromatic heterocycles. The summed E-state index contributed by atoms with van der Waals surface area (Å²) in [6.07, 6.45) is 6.75. The van der Waals surface area contributed by atoms with Crippen molar-refractivity contribution in [1.29, 1.82) is 0 Å². The molecule has 0 unspecified atom stereocenters. The van der Waals surface area contributed by atoms with Gasteiger partial charge in [0.2, 0.25) is 0 Å². The quantitative estimate of drug-likeness (QED) is 0.627. The molecule has 9 heteroatoms. The highest BCUT2D eigenvalue weighted by atomic mass is 35.5. The third kappa shape index (κ3) is 4.63. The van der Waals surface area contributed by atoms with Crippen LogP contribution in [0.25, 0.3) is 5.69 Å². The number of amides is 1. The van der Waals surface area contributed by atoms with Crippen molar-refractivity contribution in [2.75, 3.05) is 13.2 Å². The highest BCUT2D eigenvalue weighted by molar-refractivity contribution is 6.33. The third-order valence-corrected chi connectivity index (χ3v) is 5.46. The Labute approximate surface area is 167 Å². The lowest BCUT2D eigenvalue weighted by Crippen LogP contribution is -2.42. The fourth-order valence-corrected chi connectivity index (χ4v) is 3.70. The van der Waals surface area contributed by atoms with Crippen LogP contribution in [-0.4, -0.2) is 49.2 Å². The van der Waals surface area contributed by atoms with Gasteiger partial charge in [0.25, 0.3) is 5.91 Å². The summed E-state index contributed by atoms with van der Waals surface area (Å²) in [5.41, 5.74) is -0.712. The van der Waals surface area contributed by atoms with Crippen LogP contribution in [0, 0.1) is 0 Å². The van der Waals surface area contributed by atoms with Crippen LogP contribution >= 0.6 is 11.6 Å². The van der Waals surface area contributed by atoms with Gasteiger partial charge in [0.05, 0.1) is 35.0 Å². The minimum absolute atomic E-state index is 0.137. The minimum Gasteiger partial charge on any atom is -0.395 e. The van der Waals surface area contributed by atoms with E-state index in [0.717, 1.165) is 30.4 Å². The predicted octanol–water partition coefficient (Wildman–Crippen LogP) is 1.49. The number of aromatic nitrogens is 3. The molecule has 0 radical (unpaired) electrons. The Morgan fingerprint density at radius 1 is 1.25 bits per heavy atom. The molecule has 1 amide bonds. The maximum absolute atomic E-state index is 12.7. The van der Waals surface area contributed by atoms with E-state index in [1.54, 1.807) is 6.07 Å². The van der Waals surface area contributed by atoms with Gasteiger partial charge in [-0.1, -0.05) is 37.3 Å². The fraction of sp³-hybridized carbons (Fsp3) is 0.526. The molecule has 1 aromatic carbocycles. The van der Waals surface area contributed by atoms with Crippen molar-refractivity contribution in [3.63, 3.8) is 0 Å². The van der Waals surface area contributed by atoms with Gasteiger partial charge in [-0.15, -0.1) is 0 Å². The molecular weight excluding hydrogens is 384 g/mol. The molecule has 1 aliphatic rings. The van der Waals surface area contributed by atoms with Gasteiger partial charge in [0.1, 0.15) is 6.33 Å². The number of carbonyl (C=O) groups is 1. The predicted molar refractivity (Wildman–Crippen MR) is 105 cm³/mol. The third-order valence-electron chi connectivity index (χ3n) is 5.13. The van der Waals surface area contributed by atoms with Crippen LogP contribution in [-0.2, 0) is 6.54 Å². The second-order valence-electron chi connectivity index (χ2n) is 7.23. The largest absolute Gasteiger partial charge is 0.395 e. The molecular formula is C19H25ClN4O4. The Bertz CT molecular complexity index is 884. The van der Waals surface area contributed by atoms with E-state index in [4.69, 9.17) is 16.7 Å². The standard InChI is InChI=1S/C19H25ClN4O4/c20-16-6-5-14(24-18(27)23(9-10-25)13-22-24)11-15(16)17(26)21-12-19(28)7-3-1-2-4-8-19/h5-6,11,13,25,28H,1-4,7-10,12H2,(H,21,26). The number of aliphatic hydroxyl groups excluding tert-OH is 1. The zero-order chi connectivity index (χ0) is 20.1. The van der Waals surface area contributed by atoms with Crippen LogP contribution in [0.15, 0.2) is 29.3 Å². The summed E-state index contributed by atoms with van der Waals surface area (Å²) >= 11 is 6.19. The van der Waals surface area contributed by atoms with Gasteiger partial charge >= 0.3 is 5.69 Å². The van der Waals surface area contributed by atoms with E-state index in [9.17, 15) is 14.7 Å². The van der Waals surface area contributed by atoms with E-state index in [1.807, 2.05) is 0 Å². The Balaban J connectivity index is 1.77. The highest BCUT2D eigenvalue weighted by Gasteiger charge is 2.28. The molecule has 0 aliphatic heterocycles. The smallest absolute Gasteiger partial charge is 0.350 e. The van der Waals surface area contributed by atoms with Crippen LogP contribution in [0.4, 0.5) is 0 Å². The first-order chi connectivity index (χ1) is 13.4. The van der Waals surface area contributed by atoms with Crippen molar-refractivity contribution < 1.29 is 15.0 Å². The lowest BCUT2D eigenvalue weighted by atomic mass is 9.94. The monoisotopic (exact) mass is 408 g/mol. The minimum atomic E-state index is -0.893. The van der Waals surface area contributed by atoms with E-state index in [2.05, 4.69) is 10.4 Å². The molecule has 0 spiro atoms. The summed E-state index contributed by atoms with van der Waals surface area (Å²) < 4.78 is 2.41. The van der Waals surface area contributed by atoms with Gasteiger partial charge in [-0.25, -0.2) is 4.79 Å². The van der Waals surface area contributed by atoms with E-state index >= 15 is 0 Å². The highest BCUT2D eigenvalue weighted by Crippen LogP contribution is 2.26. The second kappa shape index (κ2) is 8.89. The van der Waals surface area contributed by atoms with Crippen LogP contribution in [0.3, 0.4) is 0 Å². The maximum Gasteiger partial charge on any atom is 0.350 e. The summed E-state index contributed by atoms with van der Waals surface area (Å²) in [5, 5.41) is 26.7. The molecule has 2 aromatic rings. The number of hydrogen-bond acceptors (Lipinski definition) is 5. The van der Waals surface area contributed by atoms with E-state index in [1.165, 1.54) is 23.0 Å². The normalized spacial score (nSPS) is 16.5. The SMILES string of the molecule is O=C(NCC1(O)CCCCCC1)c1cc(-n2ncn(CCO)c2=O)ccc1Cl. The van der Waals surface area contributed by atoms with Crippen molar-refractivity contribution in [2.24, 2.45) is 0 Å². The average molecular weight is 409 g/mol. The maximum atomic E-state index is 12.7. The lowest BCUT2D eigenvalue weighted by Gasteiger charge is -2.26. The number of benzene rings is 1. The van der Waals surface area contributed by atoms with Crippen molar-refractivity contribution in [1.82, 2.24) is 19.7 Å². The molecule has 1 aliphatic carbocycles. The fourth-order valence-electron chi connectivity index (χ4n) is 3.50. The molecule has 3 N–H and O–H groups in total. The summed E-state index contributed by atoms with van der Waals surface area (Å²) in [6.45, 7) is 0.124. The number of rotatable bonds is 6. The van der Waals surface area contributed by atoms with Crippen molar-refractivity contribution in [2.45, 2.75) is 50.7 Å². The Morgan fingerprint density at radius 3 is 2.64 bits per heavy atom. The number of halogens is 1. The molecule has 1 fully saturated rings. The molecule has 0 bridgehead atoms. The van der Waals surface area contributed by atoms with Gasteiger partial charge in [0, 0.05) is 6.54 Å². The Hall–Kier alpha value is -2.16. The van der Waals surface area contributed by atoms with Crippen molar-refractivity contribution in [3.8, 4) is 5.69 Å².